The Morgan fingerprint density at radius 2 is 1.80 bits per heavy atom. The van der Waals surface area contributed by atoms with Gasteiger partial charge in [0.1, 0.15) is 5.76 Å². The van der Waals surface area contributed by atoms with Gasteiger partial charge in [-0.1, -0.05) is 30.3 Å². The minimum absolute atomic E-state index is 0.342. The van der Waals surface area contributed by atoms with Crippen molar-refractivity contribution in [2.45, 2.75) is 12.3 Å². The summed E-state index contributed by atoms with van der Waals surface area (Å²) in [6.07, 6.45) is 2.84. The summed E-state index contributed by atoms with van der Waals surface area (Å²) in [5.74, 6) is 1.40. The summed E-state index contributed by atoms with van der Waals surface area (Å²) in [6.45, 7) is 4.89. The standard InChI is InChI=1S/C17H21NO2/c1-2-5-15(6-3-1)16(17-7-4-12-20-17)8-9-18-10-13-19-14-11-18/h1-7,12,16H,8-11,13-14H2. The van der Waals surface area contributed by atoms with Gasteiger partial charge in [-0.15, -0.1) is 0 Å². The van der Waals surface area contributed by atoms with Gasteiger partial charge >= 0.3 is 0 Å². The quantitative estimate of drug-likeness (QED) is 0.835. The lowest BCUT2D eigenvalue weighted by atomic mass is 9.93. The number of hydrogen-bond donors (Lipinski definition) is 0. The lowest BCUT2D eigenvalue weighted by Gasteiger charge is -2.28. The summed E-state index contributed by atoms with van der Waals surface area (Å²) in [6, 6.07) is 14.7. The van der Waals surface area contributed by atoms with Gasteiger partial charge in [0.2, 0.25) is 0 Å². The van der Waals surface area contributed by atoms with E-state index in [0.29, 0.717) is 5.92 Å². The van der Waals surface area contributed by atoms with E-state index in [1.807, 2.05) is 6.07 Å². The molecule has 0 amide bonds. The summed E-state index contributed by atoms with van der Waals surface area (Å²) < 4.78 is 11.0. The zero-order chi connectivity index (χ0) is 13.6. The summed E-state index contributed by atoms with van der Waals surface area (Å²) in [5.41, 5.74) is 1.33. The second kappa shape index (κ2) is 6.73. The topological polar surface area (TPSA) is 25.6 Å². The molecule has 1 unspecified atom stereocenters. The normalized spacial score (nSPS) is 18.0. The van der Waals surface area contributed by atoms with Gasteiger partial charge in [0.15, 0.2) is 0 Å². The van der Waals surface area contributed by atoms with Crippen molar-refractivity contribution in [2.24, 2.45) is 0 Å². The molecule has 1 aliphatic heterocycles. The highest BCUT2D eigenvalue weighted by molar-refractivity contribution is 5.27. The van der Waals surface area contributed by atoms with Crippen LogP contribution >= 0.6 is 0 Å². The molecule has 0 aliphatic carbocycles. The number of nitrogens with zero attached hydrogens (tertiary/aromatic N) is 1. The second-order valence-electron chi connectivity index (χ2n) is 5.22. The fourth-order valence-electron chi connectivity index (χ4n) is 2.78. The average Bonchev–Trinajstić information content (AvgIpc) is 3.04. The third kappa shape index (κ3) is 3.30. The number of benzene rings is 1. The first-order chi connectivity index (χ1) is 9.93. The van der Waals surface area contributed by atoms with Crippen molar-refractivity contribution in [1.82, 2.24) is 4.90 Å². The van der Waals surface area contributed by atoms with Gasteiger partial charge in [0.25, 0.3) is 0 Å². The second-order valence-corrected chi connectivity index (χ2v) is 5.22. The van der Waals surface area contributed by atoms with Crippen molar-refractivity contribution < 1.29 is 9.15 Å². The van der Waals surface area contributed by atoms with Gasteiger partial charge in [-0.3, -0.25) is 4.90 Å². The first kappa shape index (κ1) is 13.4. The SMILES string of the molecule is c1ccc(C(CCN2CCOCC2)c2ccco2)cc1. The summed E-state index contributed by atoms with van der Waals surface area (Å²) in [4.78, 5) is 2.47. The lowest BCUT2D eigenvalue weighted by Crippen LogP contribution is -2.37. The van der Waals surface area contributed by atoms with E-state index >= 15 is 0 Å². The molecule has 0 radical (unpaired) electrons. The van der Waals surface area contributed by atoms with Crippen LogP contribution < -0.4 is 0 Å². The molecule has 20 heavy (non-hydrogen) atoms. The Morgan fingerprint density at radius 3 is 2.50 bits per heavy atom. The Hall–Kier alpha value is -1.58. The molecular formula is C17H21NO2. The van der Waals surface area contributed by atoms with E-state index < -0.39 is 0 Å². The Kier molecular flexibility index (Phi) is 4.51. The van der Waals surface area contributed by atoms with Gasteiger partial charge < -0.3 is 9.15 Å². The summed E-state index contributed by atoms with van der Waals surface area (Å²) in [5, 5.41) is 0. The summed E-state index contributed by atoms with van der Waals surface area (Å²) >= 11 is 0. The van der Waals surface area contributed by atoms with Crippen molar-refractivity contribution in [1.29, 1.82) is 0 Å². The smallest absolute Gasteiger partial charge is 0.111 e. The molecule has 1 aromatic heterocycles. The van der Waals surface area contributed by atoms with Gasteiger partial charge in [0.05, 0.1) is 19.5 Å². The third-order valence-electron chi connectivity index (χ3n) is 3.93. The van der Waals surface area contributed by atoms with Gasteiger partial charge in [0, 0.05) is 19.0 Å². The van der Waals surface area contributed by atoms with E-state index in [-0.39, 0.29) is 0 Å². The van der Waals surface area contributed by atoms with Crippen molar-refractivity contribution >= 4 is 0 Å². The van der Waals surface area contributed by atoms with Crippen LogP contribution in [-0.2, 0) is 4.74 Å². The predicted octanol–water partition coefficient (Wildman–Crippen LogP) is 3.13. The molecule has 3 nitrogen and oxygen atoms in total. The highest BCUT2D eigenvalue weighted by Crippen LogP contribution is 2.28. The molecule has 1 fully saturated rings. The van der Waals surface area contributed by atoms with Crippen molar-refractivity contribution in [3.63, 3.8) is 0 Å². The van der Waals surface area contributed by atoms with E-state index in [0.717, 1.165) is 45.0 Å². The zero-order valence-electron chi connectivity index (χ0n) is 11.7. The monoisotopic (exact) mass is 271 g/mol. The average molecular weight is 271 g/mol. The Labute approximate surface area is 120 Å². The van der Waals surface area contributed by atoms with E-state index in [4.69, 9.17) is 9.15 Å². The molecule has 0 saturated carbocycles. The first-order valence-electron chi connectivity index (χ1n) is 7.32. The molecule has 1 saturated heterocycles. The number of furan rings is 1. The van der Waals surface area contributed by atoms with Crippen LogP contribution in [0.3, 0.4) is 0 Å². The minimum atomic E-state index is 0.342. The van der Waals surface area contributed by atoms with Crippen molar-refractivity contribution in [3.05, 3.63) is 60.1 Å². The number of ether oxygens (including phenoxy) is 1. The molecule has 1 aromatic carbocycles. The van der Waals surface area contributed by atoms with Gasteiger partial charge in [-0.05, 0) is 30.7 Å². The Morgan fingerprint density at radius 1 is 1.00 bits per heavy atom. The number of morpholine rings is 1. The fourth-order valence-corrected chi connectivity index (χ4v) is 2.78. The number of hydrogen-bond acceptors (Lipinski definition) is 3. The van der Waals surface area contributed by atoms with Crippen molar-refractivity contribution in [2.75, 3.05) is 32.8 Å². The van der Waals surface area contributed by atoms with Crippen LogP contribution in [0.15, 0.2) is 53.1 Å². The molecule has 2 heterocycles. The van der Waals surface area contributed by atoms with Crippen LogP contribution in [-0.4, -0.2) is 37.7 Å². The number of rotatable bonds is 5. The molecule has 106 valence electrons. The minimum Gasteiger partial charge on any atom is -0.469 e. The molecule has 2 aromatic rings. The zero-order valence-corrected chi connectivity index (χ0v) is 11.7. The third-order valence-corrected chi connectivity index (χ3v) is 3.93. The molecule has 0 bridgehead atoms. The van der Waals surface area contributed by atoms with Gasteiger partial charge in [-0.25, -0.2) is 0 Å². The highest BCUT2D eigenvalue weighted by atomic mass is 16.5. The predicted molar refractivity (Wildman–Crippen MR) is 78.9 cm³/mol. The molecular weight excluding hydrogens is 250 g/mol. The molecule has 1 aliphatic rings. The fraction of sp³-hybridized carbons (Fsp3) is 0.412. The van der Waals surface area contributed by atoms with Crippen LogP contribution in [0.4, 0.5) is 0 Å². The molecule has 3 rings (SSSR count). The van der Waals surface area contributed by atoms with E-state index in [1.54, 1.807) is 6.26 Å². The highest BCUT2D eigenvalue weighted by Gasteiger charge is 2.19. The maximum absolute atomic E-state index is 5.65. The summed E-state index contributed by atoms with van der Waals surface area (Å²) in [7, 11) is 0. The van der Waals surface area contributed by atoms with Crippen LogP contribution in [0.1, 0.15) is 23.7 Å². The molecule has 0 N–H and O–H groups in total. The van der Waals surface area contributed by atoms with Crippen LogP contribution in [0.2, 0.25) is 0 Å². The lowest BCUT2D eigenvalue weighted by molar-refractivity contribution is 0.0367. The Balaban J connectivity index is 1.69. The van der Waals surface area contributed by atoms with E-state index in [9.17, 15) is 0 Å². The van der Waals surface area contributed by atoms with Crippen LogP contribution in [0.5, 0.6) is 0 Å². The molecule has 0 spiro atoms. The molecule has 3 heteroatoms. The first-order valence-corrected chi connectivity index (χ1v) is 7.32. The molecule has 1 atom stereocenters. The van der Waals surface area contributed by atoms with Crippen LogP contribution in [0, 0.1) is 0 Å². The maximum Gasteiger partial charge on any atom is 0.111 e. The van der Waals surface area contributed by atoms with E-state index in [2.05, 4.69) is 41.3 Å². The van der Waals surface area contributed by atoms with Crippen molar-refractivity contribution in [3.8, 4) is 0 Å². The van der Waals surface area contributed by atoms with Crippen LogP contribution in [0.25, 0.3) is 0 Å². The van der Waals surface area contributed by atoms with Gasteiger partial charge in [-0.2, -0.15) is 0 Å². The largest absolute Gasteiger partial charge is 0.469 e. The maximum atomic E-state index is 5.65. The Bertz CT molecular complexity index is 489. The van der Waals surface area contributed by atoms with E-state index in [1.165, 1.54) is 5.56 Å².